The Hall–Kier alpha value is -3.67. The van der Waals surface area contributed by atoms with E-state index >= 15 is 0 Å². The molecule has 0 fully saturated rings. The van der Waals surface area contributed by atoms with Crippen LogP contribution in [-0.4, -0.2) is 22.1 Å². The second kappa shape index (κ2) is 12.7. The third-order valence-corrected chi connectivity index (χ3v) is 6.13. The molecule has 184 valence electrons. The number of carboxylic acid groups (broad SMARTS) is 1. The number of ether oxygens (including phenoxy) is 1. The SMILES string of the molecule is CCCCCCCC[C@H](C)Oc1ccc(-c2ccc(-c3ccccc3C(=O)O)cc2)cc1[N+](=O)[O-]. The maximum absolute atomic E-state index is 11.8. The van der Waals surface area contributed by atoms with Gasteiger partial charge in [-0.1, -0.05) is 87.6 Å². The highest BCUT2D eigenvalue weighted by atomic mass is 16.6. The van der Waals surface area contributed by atoms with Gasteiger partial charge in [-0.25, -0.2) is 4.79 Å². The van der Waals surface area contributed by atoms with Crippen molar-refractivity contribution in [3.8, 4) is 28.0 Å². The van der Waals surface area contributed by atoms with Crippen molar-refractivity contribution in [3.63, 3.8) is 0 Å². The summed E-state index contributed by atoms with van der Waals surface area (Å²) < 4.78 is 5.94. The number of carboxylic acids is 1. The standard InChI is InChI=1S/C29H33NO5/c1-3-4-5-6-7-8-11-21(2)35-28-19-18-24(20-27(28)30(33)34)22-14-16-23(17-15-22)25-12-9-10-13-26(25)29(31)32/h9-10,12-21H,3-8,11H2,1-2H3,(H,31,32)/t21-/m0/s1. The summed E-state index contributed by atoms with van der Waals surface area (Å²) in [7, 11) is 0. The fourth-order valence-electron chi connectivity index (χ4n) is 4.19. The van der Waals surface area contributed by atoms with Crippen molar-refractivity contribution in [2.75, 3.05) is 0 Å². The summed E-state index contributed by atoms with van der Waals surface area (Å²) in [6.45, 7) is 4.15. The first-order valence-electron chi connectivity index (χ1n) is 12.3. The minimum Gasteiger partial charge on any atom is -0.484 e. The van der Waals surface area contributed by atoms with Gasteiger partial charge in [0.1, 0.15) is 0 Å². The molecule has 0 amide bonds. The summed E-state index contributed by atoms with van der Waals surface area (Å²) in [5.41, 5.74) is 3.07. The number of benzene rings is 3. The number of nitro benzene ring substituents is 1. The van der Waals surface area contributed by atoms with E-state index in [1.54, 1.807) is 30.3 Å². The first kappa shape index (κ1) is 25.9. The Balaban J connectivity index is 1.72. The normalized spacial score (nSPS) is 11.7. The molecule has 0 aromatic heterocycles. The molecule has 35 heavy (non-hydrogen) atoms. The number of hydrogen-bond donors (Lipinski definition) is 1. The molecule has 0 unspecified atom stereocenters. The van der Waals surface area contributed by atoms with Gasteiger partial charge in [0, 0.05) is 6.07 Å². The van der Waals surface area contributed by atoms with Crippen molar-refractivity contribution in [2.24, 2.45) is 0 Å². The molecule has 3 rings (SSSR count). The van der Waals surface area contributed by atoms with Crippen LogP contribution in [0.2, 0.25) is 0 Å². The fourth-order valence-corrected chi connectivity index (χ4v) is 4.19. The minimum absolute atomic E-state index is 0.0578. The third-order valence-electron chi connectivity index (χ3n) is 6.13. The largest absolute Gasteiger partial charge is 0.484 e. The molecule has 0 saturated carbocycles. The van der Waals surface area contributed by atoms with Crippen molar-refractivity contribution < 1.29 is 19.6 Å². The van der Waals surface area contributed by atoms with Crippen molar-refractivity contribution in [3.05, 3.63) is 82.4 Å². The Bertz CT molecular complexity index is 1140. The van der Waals surface area contributed by atoms with Gasteiger partial charge in [0.25, 0.3) is 0 Å². The summed E-state index contributed by atoms with van der Waals surface area (Å²) in [4.78, 5) is 22.9. The van der Waals surface area contributed by atoms with Gasteiger partial charge in [-0.2, -0.15) is 0 Å². The van der Waals surface area contributed by atoms with Gasteiger partial charge in [0.05, 0.1) is 16.6 Å². The van der Waals surface area contributed by atoms with Crippen molar-refractivity contribution in [2.45, 2.75) is 64.9 Å². The van der Waals surface area contributed by atoms with Gasteiger partial charge < -0.3 is 9.84 Å². The number of hydrogen-bond acceptors (Lipinski definition) is 4. The Labute approximate surface area is 206 Å². The van der Waals surface area contributed by atoms with Crippen LogP contribution in [0.5, 0.6) is 5.75 Å². The number of aromatic carboxylic acids is 1. The predicted molar refractivity (Wildman–Crippen MR) is 139 cm³/mol. The molecule has 0 spiro atoms. The zero-order chi connectivity index (χ0) is 25.2. The summed E-state index contributed by atoms with van der Waals surface area (Å²) in [5, 5.41) is 21.2. The Morgan fingerprint density at radius 3 is 2.23 bits per heavy atom. The average molecular weight is 476 g/mol. The summed E-state index contributed by atoms with van der Waals surface area (Å²) in [6.07, 6.45) is 7.94. The highest BCUT2D eigenvalue weighted by Gasteiger charge is 2.19. The smallest absolute Gasteiger partial charge is 0.336 e. The average Bonchev–Trinajstić information content (AvgIpc) is 2.86. The molecular formula is C29H33NO5. The first-order chi connectivity index (χ1) is 16.9. The molecule has 0 aliphatic rings. The molecule has 0 radical (unpaired) electrons. The van der Waals surface area contributed by atoms with E-state index in [0.717, 1.165) is 30.4 Å². The van der Waals surface area contributed by atoms with Crippen LogP contribution in [0, 0.1) is 10.1 Å². The summed E-state index contributed by atoms with van der Waals surface area (Å²) >= 11 is 0. The van der Waals surface area contributed by atoms with Gasteiger partial charge in [-0.15, -0.1) is 0 Å². The Morgan fingerprint density at radius 2 is 1.54 bits per heavy atom. The summed E-state index contributed by atoms with van der Waals surface area (Å²) in [6, 6.07) is 19.2. The van der Waals surface area contributed by atoms with E-state index in [0.29, 0.717) is 11.1 Å². The van der Waals surface area contributed by atoms with Crippen molar-refractivity contribution >= 4 is 11.7 Å². The van der Waals surface area contributed by atoms with Crippen LogP contribution in [0.1, 0.15) is 69.2 Å². The molecule has 6 nitrogen and oxygen atoms in total. The minimum atomic E-state index is -0.985. The zero-order valence-corrected chi connectivity index (χ0v) is 20.4. The quantitative estimate of drug-likeness (QED) is 0.153. The molecule has 0 saturated heterocycles. The van der Waals surface area contributed by atoms with Crippen LogP contribution in [0.25, 0.3) is 22.3 Å². The van der Waals surface area contributed by atoms with Crippen LogP contribution >= 0.6 is 0 Å². The molecule has 6 heteroatoms. The van der Waals surface area contributed by atoms with Crippen molar-refractivity contribution in [1.82, 2.24) is 0 Å². The highest BCUT2D eigenvalue weighted by molar-refractivity contribution is 5.96. The van der Waals surface area contributed by atoms with E-state index in [1.807, 2.05) is 37.3 Å². The van der Waals surface area contributed by atoms with Gasteiger partial charge in [0.2, 0.25) is 0 Å². The third kappa shape index (κ3) is 7.15. The molecule has 3 aromatic rings. The van der Waals surface area contributed by atoms with Crippen molar-refractivity contribution in [1.29, 1.82) is 0 Å². The van der Waals surface area contributed by atoms with Gasteiger partial charge in [-0.3, -0.25) is 10.1 Å². The van der Waals surface area contributed by atoms with Crippen LogP contribution in [-0.2, 0) is 0 Å². The molecule has 3 aromatic carbocycles. The number of unbranched alkanes of at least 4 members (excludes halogenated alkanes) is 5. The Morgan fingerprint density at radius 1 is 0.914 bits per heavy atom. The van der Waals surface area contributed by atoms with E-state index < -0.39 is 10.9 Å². The van der Waals surface area contributed by atoms with Crippen LogP contribution < -0.4 is 4.74 Å². The van der Waals surface area contributed by atoms with Crippen LogP contribution in [0.3, 0.4) is 0 Å². The molecule has 1 N–H and O–H groups in total. The second-order valence-electron chi connectivity index (χ2n) is 8.85. The van der Waals surface area contributed by atoms with E-state index in [1.165, 1.54) is 31.7 Å². The van der Waals surface area contributed by atoms with Gasteiger partial charge in [0.15, 0.2) is 5.75 Å². The highest BCUT2D eigenvalue weighted by Crippen LogP contribution is 2.34. The van der Waals surface area contributed by atoms with E-state index in [-0.39, 0.29) is 23.1 Å². The summed E-state index contributed by atoms with van der Waals surface area (Å²) in [5.74, 6) is -0.703. The maximum atomic E-state index is 11.8. The van der Waals surface area contributed by atoms with Crippen LogP contribution in [0.15, 0.2) is 66.7 Å². The predicted octanol–water partition coefficient (Wildman–Crippen LogP) is 8.14. The Kier molecular flexibility index (Phi) is 9.41. The molecule has 0 bridgehead atoms. The molecule has 0 aliphatic carbocycles. The number of rotatable bonds is 13. The molecule has 0 aliphatic heterocycles. The first-order valence-corrected chi connectivity index (χ1v) is 12.3. The second-order valence-corrected chi connectivity index (χ2v) is 8.85. The van der Waals surface area contributed by atoms with Gasteiger partial charge >= 0.3 is 11.7 Å². The fraction of sp³-hybridized carbons (Fsp3) is 0.345. The monoisotopic (exact) mass is 475 g/mol. The van der Waals surface area contributed by atoms with E-state index in [4.69, 9.17) is 4.74 Å². The van der Waals surface area contributed by atoms with E-state index in [9.17, 15) is 20.0 Å². The number of nitro groups is 1. The number of carbonyl (C=O) groups is 1. The lowest BCUT2D eigenvalue weighted by atomic mass is 9.97. The lowest BCUT2D eigenvalue weighted by Crippen LogP contribution is -2.12. The molecule has 1 atom stereocenters. The maximum Gasteiger partial charge on any atom is 0.336 e. The zero-order valence-electron chi connectivity index (χ0n) is 20.4. The number of nitrogens with zero attached hydrogens (tertiary/aromatic N) is 1. The van der Waals surface area contributed by atoms with Gasteiger partial charge in [-0.05, 0) is 54.2 Å². The molecular weight excluding hydrogens is 442 g/mol. The lowest BCUT2D eigenvalue weighted by Gasteiger charge is -2.15. The van der Waals surface area contributed by atoms with Crippen LogP contribution in [0.4, 0.5) is 5.69 Å². The molecule has 0 heterocycles. The topological polar surface area (TPSA) is 89.7 Å². The lowest BCUT2D eigenvalue weighted by molar-refractivity contribution is -0.386. The van der Waals surface area contributed by atoms with E-state index in [2.05, 4.69) is 6.92 Å².